The summed E-state index contributed by atoms with van der Waals surface area (Å²) in [6.45, 7) is 5.97. The number of amides is 1. The summed E-state index contributed by atoms with van der Waals surface area (Å²) in [5, 5.41) is 3.14. The summed E-state index contributed by atoms with van der Waals surface area (Å²) < 4.78 is 38.4. The predicted molar refractivity (Wildman–Crippen MR) is 130 cm³/mol. The van der Waals surface area contributed by atoms with Gasteiger partial charge in [0.2, 0.25) is 15.9 Å². The Bertz CT molecular complexity index is 1080. The van der Waals surface area contributed by atoms with Crippen molar-refractivity contribution in [1.29, 1.82) is 0 Å². The van der Waals surface area contributed by atoms with E-state index in [1.54, 1.807) is 24.3 Å². The zero-order valence-electron chi connectivity index (χ0n) is 20.0. The van der Waals surface area contributed by atoms with Gasteiger partial charge in [0.05, 0.1) is 25.1 Å². The fourth-order valence-corrected chi connectivity index (χ4v) is 5.71. The van der Waals surface area contributed by atoms with Crippen molar-refractivity contribution in [3.63, 3.8) is 0 Å². The Morgan fingerprint density at radius 2 is 1.88 bits per heavy atom. The van der Waals surface area contributed by atoms with Gasteiger partial charge in [-0.15, -0.1) is 0 Å². The number of methoxy groups -OCH3 is 1. The summed E-state index contributed by atoms with van der Waals surface area (Å²) in [7, 11) is -2.22. The van der Waals surface area contributed by atoms with Crippen LogP contribution in [0.4, 0.5) is 5.69 Å². The molecule has 1 N–H and O–H groups in total. The molecule has 3 rings (SSSR count). The number of para-hydroxylation sites is 1. The fourth-order valence-electron chi connectivity index (χ4n) is 4.51. The summed E-state index contributed by atoms with van der Waals surface area (Å²) >= 11 is 0. The van der Waals surface area contributed by atoms with E-state index in [0.29, 0.717) is 24.3 Å². The SMILES string of the molecule is CC[C@H](C(=O)N[C@H]1CC(CC)(CC)Oc2ccccc21)N(c1cccc(OC)c1)S(C)(=O)=O. The van der Waals surface area contributed by atoms with Gasteiger partial charge in [0.25, 0.3) is 0 Å². The van der Waals surface area contributed by atoms with E-state index >= 15 is 0 Å². The molecule has 2 atom stereocenters. The van der Waals surface area contributed by atoms with Crippen LogP contribution in [0.15, 0.2) is 48.5 Å². The van der Waals surface area contributed by atoms with Crippen LogP contribution in [-0.4, -0.2) is 39.3 Å². The third-order valence-corrected chi connectivity index (χ3v) is 7.62. The van der Waals surface area contributed by atoms with Crippen LogP contribution in [0.3, 0.4) is 0 Å². The second-order valence-corrected chi connectivity index (χ2v) is 10.3. The van der Waals surface area contributed by atoms with Gasteiger partial charge < -0.3 is 14.8 Å². The molecule has 0 unspecified atom stereocenters. The summed E-state index contributed by atoms with van der Waals surface area (Å²) in [5.41, 5.74) is 0.922. The maximum atomic E-state index is 13.6. The van der Waals surface area contributed by atoms with Crippen molar-refractivity contribution < 1.29 is 22.7 Å². The van der Waals surface area contributed by atoms with E-state index in [2.05, 4.69) is 19.2 Å². The Hall–Kier alpha value is -2.74. The molecule has 0 saturated carbocycles. The summed E-state index contributed by atoms with van der Waals surface area (Å²) in [5.74, 6) is 0.942. The zero-order valence-corrected chi connectivity index (χ0v) is 20.8. The van der Waals surface area contributed by atoms with E-state index in [0.717, 1.165) is 30.4 Å². The largest absolute Gasteiger partial charge is 0.497 e. The molecule has 1 amide bonds. The first kappa shape index (κ1) is 24.9. The average Bonchev–Trinajstić information content (AvgIpc) is 2.81. The second kappa shape index (κ2) is 10.0. The molecule has 33 heavy (non-hydrogen) atoms. The Kier molecular flexibility index (Phi) is 7.57. The Morgan fingerprint density at radius 3 is 2.48 bits per heavy atom. The van der Waals surface area contributed by atoms with Gasteiger partial charge in [-0.2, -0.15) is 0 Å². The number of rotatable bonds is 9. The average molecular weight is 475 g/mol. The van der Waals surface area contributed by atoms with Crippen LogP contribution in [-0.2, 0) is 14.8 Å². The minimum atomic E-state index is -3.74. The van der Waals surface area contributed by atoms with E-state index in [4.69, 9.17) is 9.47 Å². The number of carbonyl (C=O) groups is 1. The van der Waals surface area contributed by atoms with Crippen molar-refractivity contribution in [3.8, 4) is 11.5 Å². The lowest BCUT2D eigenvalue weighted by Gasteiger charge is -2.42. The number of carbonyl (C=O) groups excluding carboxylic acids is 1. The summed E-state index contributed by atoms with van der Waals surface area (Å²) in [4.78, 5) is 13.6. The van der Waals surface area contributed by atoms with Crippen LogP contribution in [0.2, 0.25) is 0 Å². The van der Waals surface area contributed by atoms with Gasteiger partial charge in [0.1, 0.15) is 23.1 Å². The Balaban J connectivity index is 1.96. The first-order chi connectivity index (χ1) is 15.7. The molecular weight excluding hydrogens is 440 g/mol. The highest BCUT2D eigenvalue weighted by atomic mass is 32.2. The molecule has 0 saturated heterocycles. The van der Waals surface area contributed by atoms with Gasteiger partial charge in [0, 0.05) is 18.1 Å². The topological polar surface area (TPSA) is 84.9 Å². The highest BCUT2D eigenvalue weighted by Gasteiger charge is 2.40. The van der Waals surface area contributed by atoms with E-state index in [1.807, 2.05) is 31.2 Å². The number of sulfonamides is 1. The third kappa shape index (κ3) is 5.27. The molecule has 2 aromatic rings. The monoisotopic (exact) mass is 474 g/mol. The Morgan fingerprint density at radius 1 is 1.18 bits per heavy atom. The molecule has 0 spiro atoms. The molecular formula is C25H34N2O5S. The zero-order chi connectivity index (χ0) is 24.2. The smallest absolute Gasteiger partial charge is 0.244 e. The number of nitrogens with zero attached hydrogens (tertiary/aromatic N) is 1. The fraction of sp³-hybridized carbons (Fsp3) is 0.480. The number of hydrogen-bond donors (Lipinski definition) is 1. The number of anilines is 1. The van der Waals surface area contributed by atoms with Gasteiger partial charge in [-0.05, 0) is 37.5 Å². The minimum Gasteiger partial charge on any atom is -0.497 e. The molecule has 8 heteroatoms. The van der Waals surface area contributed by atoms with Crippen LogP contribution in [0.1, 0.15) is 58.1 Å². The van der Waals surface area contributed by atoms with E-state index < -0.39 is 16.1 Å². The van der Waals surface area contributed by atoms with Crippen molar-refractivity contribution in [2.24, 2.45) is 0 Å². The van der Waals surface area contributed by atoms with Crippen molar-refractivity contribution in [2.45, 2.75) is 64.1 Å². The van der Waals surface area contributed by atoms with Gasteiger partial charge >= 0.3 is 0 Å². The first-order valence-corrected chi connectivity index (χ1v) is 13.2. The number of hydrogen-bond acceptors (Lipinski definition) is 5. The number of fused-ring (bicyclic) bond motifs is 1. The number of nitrogens with one attached hydrogen (secondary N) is 1. The highest BCUT2D eigenvalue weighted by Crippen LogP contribution is 2.42. The van der Waals surface area contributed by atoms with Crippen molar-refractivity contribution in [3.05, 3.63) is 54.1 Å². The van der Waals surface area contributed by atoms with E-state index in [1.165, 1.54) is 11.4 Å². The van der Waals surface area contributed by atoms with Crippen molar-refractivity contribution >= 4 is 21.6 Å². The van der Waals surface area contributed by atoms with Crippen LogP contribution < -0.4 is 19.1 Å². The molecule has 1 aliphatic rings. The molecule has 2 aromatic carbocycles. The van der Waals surface area contributed by atoms with Crippen LogP contribution >= 0.6 is 0 Å². The number of ether oxygens (including phenoxy) is 2. The molecule has 0 bridgehead atoms. The molecule has 0 radical (unpaired) electrons. The highest BCUT2D eigenvalue weighted by molar-refractivity contribution is 7.92. The lowest BCUT2D eigenvalue weighted by Crippen LogP contribution is -2.52. The molecule has 7 nitrogen and oxygen atoms in total. The van der Waals surface area contributed by atoms with Crippen LogP contribution in [0.5, 0.6) is 11.5 Å². The summed E-state index contributed by atoms with van der Waals surface area (Å²) in [6.07, 6.45) is 3.66. The molecule has 0 aromatic heterocycles. The Labute approximate surface area is 197 Å². The third-order valence-electron chi connectivity index (χ3n) is 6.44. The molecule has 0 fully saturated rings. The van der Waals surface area contributed by atoms with Crippen LogP contribution in [0.25, 0.3) is 0 Å². The van der Waals surface area contributed by atoms with Crippen molar-refractivity contribution in [2.75, 3.05) is 17.7 Å². The quantitative estimate of drug-likeness (QED) is 0.581. The van der Waals surface area contributed by atoms with Gasteiger partial charge in [-0.1, -0.05) is 45.0 Å². The van der Waals surface area contributed by atoms with Gasteiger partial charge in [0.15, 0.2) is 0 Å². The minimum absolute atomic E-state index is 0.275. The van der Waals surface area contributed by atoms with Gasteiger partial charge in [-0.25, -0.2) is 8.42 Å². The van der Waals surface area contributed by atoms with Crippen molar-refractivity contribution in [1.82, 2.24) is 5.32 Å². The maximum absolute atomic E-state index is 13.6. The molecule has 0 aliphatic carbocycles. The first-order valence-electron chi connectivity index (χ1n) is 11.4. The maximum Gasteiger partial charge on any atom is 0.244 e. The lowest BCUT2D eigenvalue weighted by atomic mass is 9.83. The lowest BCUT2D eigenvalue weighted by molar-refractivity contribution is -0.123. The summed E-state index contributed by atoms with van der Waals surface area (Å²) in [6, 6.07) is 13.3. The van der Waals surface area contributed by atoms with E-state index in [9.17, 15) is 13.2 Å². The molecule has 1 heterocycles. The number of benzene rings is 2. The predicted octanol–water partition coefficient (Wildman–Crippen LogP) is 4.44. The molecule has 180 valence electrons. The van der Waals surface area contributed by atoms with Gasteiger partial charge in [-0.3, -0.25) is 9.10 Å². The standard InChI is InChI=1S/C25H34N2O5S/c1-6-22(27(33(5,29)30)18-12-11-13-19(16-18)31-4)24(28)26-21-17-25(7-2,8-3)32-23-15-10-9-14-20(21)23/h9-16,21-22H,6-8,17H2,1-5H3,(H,26,28)/t21-,22+/m0/s1. The normalized spacial score (nSPS) is 17.9. The van der Waals surface area contributed by atoms with Crippen LogP contribution in [0, 0.1) is 0 Å². The van der Waals surface area contributed by atoms with E-state index in [-0.39, 0.29) is 17.6 Å². The molecule has 1 aliphatic heterocycles. The second-order valence-electron chi connectivity index (χ2n) is 8.48.